The van der Waals surface area contributed by atoms with Crippen molar-refractivity contribution in [3.63, 3.8) is 0 Å². The number of hydrogen-bond acceptors (Lipinski definition) is 6. The Morgan fingerprint density at radius 3 is 2.42 bits per heavy atom. The van der Waals surface area contributed by atoms with E-state index in [1.165, 1.54) is 32.9 Å². The van der Waals surface area contributed by atoms with Gasteiger partial charge in [-0.25, -0.2) is 4.79 Å². The van der Waals surface area contributed by atoms with Gasteiger partial charge in [-0.3, -0.25) is 19.7 Å². The van der Waals surface area contributed by atoms with E-state index in [1.807, 2.05) is 0 Å². The lowest BCUT2D eigenvalue weighted by Gasteiger charge is -2.17. The van der Waals surface area contributed by atoms with Crippen molar-refractivity contribution in [3.8, 4) is 0 Å². The summed E-state index contributed by atoms with van der Waals surface area (Å²) in [6.45, 7) is 4.01. The number of esters is 1. The van der Waals surface area contributed by atoms with Crippen LogP contribution in [0.2, 0.25) is 5.02 Å². The minimum atomic E-state index is -1.15. The predicted molar refractivity (Wildman–Crippen MR) is 85.6 cm³/mol. The summed E-state index contributed by atoms with van der Waals surface area (Å²) >= 11 is 5.86. The maximum absolute atomic E-state index is 12.0. The van der Waals surface area contributed by atoms with Crippen molar-refractivity contribution in [1.82, 2.24) is 5.32 Å². The van der Waals surface area contributed by atoms with Gasteiger partial charge in [-0.1, -0.05) is 11.6 Å². The highest BCUT2D eigenvalue weighted by molar-refractivity contribution is 6.34. The van der Waals surface area contributed by atoms with Gasteiger partial charge in [0.15, 0.2) is 6.10 Å². The summed E-state index contributed by atoms with van der Waals surface area (Å²) in [6.07, 6.45) is -1.15. The molecule has 0 saturated carbocycles. The van der Waals surface area contributed by atoms with Crippen molar-refractivity contribution in [2.24, 2.45) is 0 Å². The standard InChI is InChI=1S/C14H16ClN3O6/c1-7(16-9(3)19)14(21)24-8(2)13(20)17-12-5-4-10(18(22)23)6-11(12)15/h4-8H,1-3H3,(H,16,19)(H,17,20)/t7-,8+/m1/s1. The molecule has 0 unspecified atom stereocenters. The van der Waals surface area contributed by atoms with Gasteiger partial charge in [-0.15, -0.1) is 0 Å². The van der Waals surface area contributed by atoms with Crippen LogP contribution in [0, 0.1) is 10.1 Å². The molecule has 1 rings (SSSR count). The topological polar surface area (TPSA) is 128 Å². The zero-order chi connectivity index (χ0) is 18.4. The van der Waals surface area contributed by atoms with Gasteiger partial charge in [-0.05, 0) is 19.9 Å². The fourth-order valence-corrected chi connectivity index (χ4v) is 1.87. The third-order valence-electron chi connectivity index (χ3n) is 2.86. The summed E-state index contributed by atoms with van der Waals surface area (Å²) in [5, 5.41) is 15.3. The van der Waals surface area contributed by atoms with Gasteiger partial charge in [0.25, 0.3) is 11.6 Å². The van der Waals surface area contributed by atoms with Gasteiger partial charge in [0.2, 0.25) is 5.91 Å². The van der Waals surface area contributed by atoms with E-state index in [4.69, 9.17) is 16.3 Å². The summed E-state index contributed by atoms with van der Waals surface area (Å²) in [7, 11) is 0. The van der Waals surface area contributed by atoms with Crippen molar-refractivity contribution in [2.75, 3.05) is 5.32 Å². The molecule has 0 bridgehead atoms. The van der Waals surface area contributed by atoms with Crippen LogP contribution in [-0.2, 0) is 19.1 Å². The zero-order valence-corrected chi connectivity index (χ0v) is 13.9. The third kappa shape index (κ3) is 5.51. The quantitative estimate of drug-likeness (QED) is 0.452. The van der Waals surface area contributed by atoms with E-state index in [9.17, 15) is 24.5 Å². The Morgan fingerprint density at radius 1 is 1.29 bits per heavy atom. The van der Waals surface area contributed by atoms with Crippen LogP contribution < -0.4 is 10.6 Å². The highest BCUT2D eigenvalue weighted by atomic mass is 35.5. The molecule has 1 aromatic carbocycles. The van der Waals surface area contributed by atoms with Crippen LogP contribution >= 0.6 is 11.6 Å². The van der Waals surface area contributed by atoms with Gasteiger partial charge in [0.05, 0.1) is 15.6 Å². The molecule has 1 aromatic rings. The van der Waals surface area contributed by atoms with E-state index in [2.05, 4.69) is 10.6 Å². The summed E-state index contributed by atoms with van der Waals surface area (Å²) in [5.41, 5.74) is -0.0771. The van der Waals surface area contributed by atoms with Gasteiger partial charge >= 0.3 is 5.97 Å². The lowest BCUT2D eigenvalue weighted by atomic mass is 10.2. The second kappa shape index (κ2) is 8.25. The number of benzene rings is 1. The average Bonchev–Trinajstić information content (AvgIpc) is 2.47. The number of carbonyl (C=O) groups excluding carboxylic acids is 3. The molecule has 0 radical (unpaired) electrons. The molecule has 0 aromatic heterocycles. The fraction of sp³-hybridized carbons (Fsp3) is 0.357. The summed E-state index contributed by atoms with van der Waals surface area (Å²) in [5.74, 6) is -1.86. The van der Waals surface area contributed by atoms with Crippen LogP contribution in [0.15, 0.2) is 18.2 Å². The second-order valence-electron chi connectivity index (χ2n) is 4.91. The first-order valence-corrected chi connectivity index (χ1v) is 7.22. The molecule has 0 aliphatic carbocycles. The van der Waals surface area contributed by atoms with Crippen molar-refractivity contribution in [3.05, 3.63) is 33.3 Å². The number of ether oxygens (including phenoxy) is 1. The summed E-state index contributed by atoms with van der Waals surface area (Å²) < 4.78 is 4.93. The van der Waals surface area contributed by atoms with Crippen LogP contribution in [0.5, 0.6) is 0 Å². The van der Waals surface area contributed by atoms with E-state index < -0.39 is 34.9 Å². The van der Waals surface area contributed by atoms with Crippen LogP contribution in [0.25, 0.3) is 0 Å². The Balaban J connectivity index is 2.69. The molecule has 2 N–H and O–H groups in total. The molecule has 0 fully saturated rings. The maximum atomic E-state index is 12.0. The molecule has 9 nitrogen and oxygen atoms in total. The number of nitrogens with one attached hydrogen (secondary N) is 2. The SMILES string of the molecule is CC(=O)N[C@H](C)C(=O)O[C@@H](C)C(=O)Nc1ccc([N+](=O)[O-])cc1Cl. The Hall–Kier alpha value is -2.68. The number of nitrogens with zero attached hydrogens (tertiary/aromatic N) is 1. The number of nitro benzene ring substituents is 1. The first-order valence-electron chi connectivity index (χ1n) is 6.84. The molecule has 2 atom stereocenters. The molecule has 2 amide bonds. The van der Waals surface area contributed by atoms with Gasteiger partial charge in [0, 0.05) is 19.1 Å². The zero-order valence-electron chi connectivity index (χ0n) is 13.2. The maximum Gasteiger partial charge on any atom is 0.329 e. The monoisotopic (exact) mass is 357 g/mol. The van der Waals surface area contributed by atoms with Crippen molar-refractivity contribution in [1.29, 1.82) is 0 Å². The molecule has 24 heavy (non-hydrogen) atoms. The Kier molecular flexibility index (Phi) is 6.66. The molecule has 0 aliphatic rings. The van der Waals surface area contributed by atoms with Crippen molar-refractivity contribution >= 4 is 40.8 Å². The van der Waals surface area contributed by atoms with Crippen molar-refractivity contribution in [2.45, 2.75) is 32.9 Å². The molecule has 0 saturated heterocycles. The highest BCUT2D eigenvalue weighted by Crippen LogP contribution is 2.26. The lowest BCUT2D eigenvalue weighted by Crippen LogP contribution is -2.41. The lowest BCUT2D eigenvalue weighted by molar-refractivity contribution is -0.384. The minimum absolute atomic E-state index is 0.0253. The van der Waals surface area contributed by atoms with Gasteiger partial charge in [-0.2, -0.15) is 0 Å². The van der Waals surface area contributed by atoms with Crippen molar-refractivity contribution < 1.29 is 24.0 Å². The van der Waals surface area contributed by atoms with E-state index in [1.54, 1.807) is 0 Å². The second-order valence-corrected chi connectivity index (χ2v) is 5.32. The molecule has 130 valence electrons. The largest absolute Gasteiger partial charge is 0.451 e. The fourth-order valence-electron chi connectivity index (χ4n) is 1.65. The smallest absolute Gasteiger partial charge is 0.329 e. The normalized spacial score (nSPS) is 12.7. The van der Waals surface area contributed by atoms with E-state index in [0.29, 0.717) is 0 Å². The molecule has 0 heterocycles. The highest BCUT2D eigenvalue weighted by Gasteiger charge is 2.23. The van der Waals surface area contributed by atoms with Gasteiger partial charge in [0.1, 0.15) is 6.04 Å². The number of halogens is 1. The molecule has 10 heteroatoms. The van der Waals surface area contributed by atoms with E-state index >= 15 is 0 Å². The predicted octanol–water partition coefficient (Wildman–Crippen LogP) is 1.64. The molecule has 0 aliphatic heterocycles. The summed E-state index contributed by atoms with van der Waals surface area (Å²) in [4.78, 5) is 44.6. The third-order valence-corrected chi connectivity index (χ3v) is 3.17. The molecule has 0 spiro atoms. The Labute approximate surface area is 142 Å². The number of amides is 2. The summed E-state index contributed by atoms with van der Waals surface area (Å²) in [6, 6.07) is 2.64. The van der Waals surface area contributed by atoms with E-state index in [0.717, 1.165) is 6.07 Å². The number of nitro groups is 1. The molecular formula is C14H16ClN3O6. The average molecular weight is 358 g/mol. The van der Waals surface area contributed by atoms with Crippen LogP contribution in [-0.4, -0.2) is 34.9 Å². The first kappa shape index (κ1) is 19.4. The van der Waals surface area contributed by atoms with E-state index in [-0.39, 0.29) is 16.4 Å². The first-order chi connectivity index (χ1) is 11.1. The number of hydrogen-bond donors (Lipinski definition) is 2. The van der Waals surface area contributed by atoms with Crippen LogP contribution in [0.3, 0.4) is 0 Å². The Bertz CT molecular complexity index is 678. The number of non-ortho nitro benzene ring substituents is 1. The Morgan fingerprint density at radius 2 is 1.92 bits per heavy atom. The number of rotatable bonds is 6. The van der Waals surface area contributed by atoms with Crippen LogP contribution in [0.1, 0.15) is 20.8 Å². The number of carbonyl (C=O) groups is 3. The van der Waals surface area contributed by atoms with Crippen LogP contribution in [0.4, 0.5) is 11.4 Å². The molecular weight excluding hydrogens is 342 g/mol. The minimum Gasteiger partial charge on any atom is -0.451 e. The number of anilines is 1. The van der Waals surface area contributed by atoms with Gasteiger partial charge < -0.3 is 15.4 Å².